The summed E-state index contributed by atoms with van der Waals surface area (Å²) in [4.78, 5) is 17.0. The van der Waals surface area contributed by atoms with Crippen molar-refractivity contribution in [3.05, 3.63) is 83.5 Å². The minimum absolute atomic E-state index is 0.142. The van der Waals surface area contributed by atoms with E-state index in [1.54, 1.807) is 0 Å². The number of nitrogens with one attached hydrogen (secondary N) is 1. The van der Waals surface area contributed by atoms with Crippen LogP contribution in [0.1, 0.15) is 11.4 Å². The maximum Gasteiger partial charge on any atom is 0.236 e. The molecular weight excluding hydrogens is 478 g/mol. The van der Waals surface area contributed by atoms with E-state index in [1.165, 1.54) is 28.7 Å². The predicted molar refractivity (Wildman–Crippen MR) is 141 cm³/mol. The average Bonchev–Trinajstić information content (AvgIpc) is 3.48. The van der Waals surface area contributed by atoms with Crippen LogP contribution < -0.4 is 10.1 Å². The lowest BCUT2D eigenvalue weighted by Gasteiger charge is -2.09. The van der Waals surface area contributed by atoms with Crippen molar-refractivity contribution in [1.82, 2.24) is 19.7 Å². The number of ether oxygens (including phenoxy) is 1. The molecule has 0 unspecified atom stereocenters. The van der Waals surface area contributed by atoms with Crippen LogP contribution in [-0.4, -0.2) is 31.4 Å². The van der Waals surface area contributed by atoms with Gasteiger partial charge in [-0.15, -0.1) is 21.5 Å². The number of nitrogens with zero attached hydrogens (tertiary/aromatic N) is 4. The Bertz CT molecular complexity index is 1470. The molecule has 1 amide bonds. The van der Waals surface area contributed by atoms with Gasteiger partial charge in [-0.2, -0.15) is 0 Å². The van der Waals surface area contributed by atoms with Crippen molar-refractivity contribution >= 4 is 44.9 Å². The third-order valence-electron chi connectivity index (χ3n) is 5.46. The molecule has 0 aliphatic rings. The highest BCUT2D eigenvalue weighted by Gasteiger charge is 2.14. The fraction of sp³-hybridized carbons (Fsp3) is 0.154. The number of thioether (sulfide) groups is 1. The molecule has 0 radical (unpaired) electrons. The molecule has 1 N–H and O–H groups in total. The summed E-state index contributed by atoms with van der Waals surface area (Å²) in [6.07, 6.45) is 0. The van der Waals surface area contributed by atoms with Gasteiger partial charge in [0.15, 0.2) is 16.1 Å². The van der Waals surface area contributed by atoms with Gasteiger partial charge in [0.1, 0.15) is 12.4 Å². The molecule has 0 spiro atoms. The number of hydrogen-bond acceptors (Lipinski definition) is 7. The Morgan fingerprint density at radius 3 is 2.71 bits per heavy atom. The third-order valence-corrected chi connectivity index (χ3v) is 7.24. The maximum absolute atomic E-state index is 12.5. The number of aromatic nitrogens is 4. The zero-order valence-corrected chi connectivity index (χ0v) is 20.9. The van der Waals surface area contributed by atoms with E-state index >= 15 is 0 Å². The Hall–Kier alpha value is -3.69. The Morgan fingerprint density at radius 1 is 1.06 bits per heavy atom. The first-order chi connectivity index (χ1) is 17.1. The van der Waals surface area contributed by atoms with Crippen molar-refractivity contribution in [1.29, 1.82) is 0 Å². The second-order valence-electron chi connectivity index (χ2n) is 7.96. The largest absolute Gasteiger partial charge is 0.485 e. The van der Waals surface area contributed by atoms with Crippen molar-refractivity contribution in [2.24, 2.45) is 7.05 Å². The first kappa shape index (κ1) is 23.1. The molecule has 0 aliphatic heterocycles. The van der Waals surface area contributed by atoms with Gasteiger partial charge in [-0.25, -0.2) is 4.98 Å². The van der Waals surface area contributed by atoms with Crippen molar-refractivity contribution in [2.75, 3.05) is 11.1 Å². The van der Waals surface area contributed by atoms with Gasteiger partial charge in [-0.05, 0) is 18.4 Å². The van der Waals surface area contributed by atoms with Gasteiger partial charge in [0, 0.05) is 23.4 Å². The quantitative estimate of drug-likeness (QED) is 0.274. The number of carbonyl (C=O) groups excluding carboxylic acids is 1. The van der Waals surface area contributed by atoms with Gasteiger partial charge >= 0.3 is 0 Å². The summed E-state index contributed by atoms with van der Waals surface area (Å²) in [5.41, 5.74) is 3.07. The molecule has 7 nitrogen and oxygen atoms in total. The van der Waals surface area contributed by atoms with Gasteiger partial charge in [0.05, 0.1) is 11.4 Å². The number of hydrogen-bond donors (Lipinski definition) is 1. The molecule has 2 heterocycles. The molecule has 5 aromatic rings. The summed E-state index contributed by atoms with van der Waals surface area (Å²) in [5.74, 6) is 1.54. The fourth-order valence-electron chi connectivity index (χ4n) is 3.53. The number of rotatable bonds is 8. The summed E-state index contributed by atoms with van der Waals surface area (Å²) >= 11 is 2.73. The highest BCUT2D eigenvalue weighted by molar-refractivity contribution is 7.99. The lowest BCUT2D eigenvalue weighted by Crippen LogP contribution is -2.14. The number of carbonyl (C=O) groups is 1. The van der Waals surface area contributed by atoms with Crippen LogP contribution in [0.4, 0.5) is 5.13 Å². The average molecular weight is 502 g/mol. The lowest BCUT2D eigenvalue weighted by molar-refractivity contribution is -0.113. The summed E-state index contributed by atoms with van der Waals surface area (Å²) in [7, 11) is 1.87. The van der Waals surface area contributed by atoms with Gasteiger partial charge in [0.25, 0.3) is 0 Å². The summed E-state index contributed by atoms with van der Waals surface area (Å²) in [6.45, 7) is 2.33. The van der Waals surface area contributed by atoms with Crippen LogP contribution in [0.5, 0.6) is 5.75 Å². The Labute approximate surface area is 211 Å². The topological polar surface area (TPSA) is 81.9 Å². The fourth-order valence-corrected chi connectivity index (χ4v) is 5.00. The van der Waals surface area contributed by atoms with Crippen LogP contribution in [-0.2, 0) is 18.4 Å². The Balaban J connectivity index is 1.16. The third kappa shape index (κ3) is 5.36. The van der Waals surface area contributed by atoms with Crippen LogP contribution >= 0.6 is 23.1 Å². The molecule has 0 saturated carbocycles. The molecular formula is C26H23N5O2S2. The zero-order valence-electron chi connectivity index (χ0n) is 19.3. The van der Waals surface area contributed by atoms with E-state index in [0.29, 0.717) is 16.1 Å². The standard InChI is InChI=1S/C26H23N5O2S2/c1-17-10-12-19(13-11-17)21-15-34-25(27-21)28-24(32)16-35-26-30-29-23(31(26)2)14-33-22-9-5-7-18-6-3-4-8-20(18)22/h3-13,15H,14,16H2,1-2H3,(H,27,28,32). The van der Waals surface area contributed by atoms with Crippen molar-refractivity contribution in [3.63, 3.8) is 0 Å². The zero-order chi connectivity index (χ0) is 24.2. The number of benzene rings is 3. The number of anilines is 1. The molecule has 35 heavy (non-hydrogen) atoms. The first-order valence-electron chi connectivity index (χ1n) is 11.0. The lowest BCUT2D eigenvalue weighted by atomic mass is 10.1. The van der Waals surface area contributed by atoms with Crippen molar-refractivity contribution < 1.29 is 9.53 Å². The first-order valence-corrected chi connectivity index (χ1v) is 12.9. The smallest absolute Gasteiger partial charge is 0.236 e. The van der Waals surface area contributed by atoms with Crippen LogP contribution in [0.25, 0.3) is 22.0 Å². The van der Waals surface area contributed by atoms with Crippen LogP contribution in [0.3, 0.4) is 0 Å². The number of amides is 1. The molecule has 0 atom stereocenters. The van der Waals surface area contributed by atoms with Crippen LogP contribution in [0, 0.1) is 6.92 Å². The normalized spacial score (nSPS) is 11.0. The van der Waals surface area contributed by atoms with Gasteiger partial charge in [-0.3, -0.25) is 4.79 Å². The minimum Gasteiger partial charge on any atom is -0.485 e. The van der Waals surface area contributed by atoms with E-state index < -0.39 is 0 Å². The highest BCUT2D eigenvalue weighted by atomic mass is 32.2. The molecule has 0 fully saturated rings. The van der Waals surface area contributed by atoms with Gasteiger partial charge in [0.2, 0.25) is 5.91 Å². The second-order valence-corrected chi connectivity index (χ2v) is 9.77. The number of aryl methyl sites for hydroxylation is 1. The van der Waals surface area contributed by atoms with E-state index in [2.05, 4.69) is 32.6 Å². The molecule has 5 rings (SSSR count). The monoisotopic (exact) mass is 501 g/mol. The minimum atomic E-state index is -0.142. The van der Waals surface area contributed by atoms with E-state index in [1.807, 2.05) is 78.5 Å². The molecule has 176 valence electrons. The van der Waals surface area contributed by atoms with E-state index in [9.17, 15) is 4.79 Å². The van der Waals surface area contributed by atoms with E-state index in [-0.39, 0.29) is 18.3 Å². The van der Waals surface area contributed by atoms with Crippen LogP contribution in [0.15, 0.2) is 77.3 Å². The summed E-state index contributed by atoms with van der Waals surface area (Å²) in [5, 5.41) is 16.7. The summed E-state index contributed by atoms with van der Waals surface area (Å²) in [6, 6.07) is 22.2. The molecule has 0 saturated heterocycles. The second kappa shape index (κ2) is 10.3. The molecule has 0 bridgehead atoms. The molecule has 2 aromatic heterocycles. The van der Waals surface area contributed by atoms with Gasteiger partial charge in [-0.1, -0.05) is 78.0 Å². The summed E-state index contributed by atoms with van der Waals surface area (Å²) < 4.78 is 7.88. The molecule has 0 aliphatic carbocycles. The van der Waals surface area contributed by atoms with E-state index in [4.69, 9.17) is 4.74 Å². The molecule has 9 heteroatoms. The van der Waals surface area contributed by atoms with Crippen molar-refractivity contribution in [2.45, 2.75) is 18.7 Å². The predicted octanol–water partition coefficient (Wildman–Crippen LogP) is 5.71. The SMILES string of the molecule is Cc1ccc(-c2csc(NC(=O)CSc3nnc(COc4cccc5ccccc45)n3C)n2)cc1. The van der Waals surface area contributed by atoms with E-state index in [0.717, 1.165) is 27.8 Å². The van der Waals surface area contributed by atoms with Crippen LogP contribution in [0.2, 0.25) is 0 Å². The van der Waals surface area contributed by atoms with Crippen molar-refractivity contribution in [3.8, 4) is 17.0 Å². The highest BCUT2D eigenvalue weighted by Crippen LogP contribution is 2.27. The van der Waals surface area contributed by atoms with Gasteiger partial charge < -0.3 is 14.6 Å². The Morgan fingerprint density at radius 2 is 1.86 bits per heavy atom. The number of fused-ring (bicyclic) bond motifs is 1. The Kier molecular flexibility index (Phi) is 6.78. The maximum atomic E-state index is 12.5. The molecule has 3 aromatic carbocycles. The number of thiazole rings is 1.